The fourth-order valence-corrected chi connectivity index (χ4v) is 3.03. The molecule has 1 saturated heterocycles. The number of rotatable bonds is 1. The van der Waals surface area contributed by atoms with Gasteiger partial charge in [0.1, 0.15) is 5.67 Å². The van der Waals surface area contributed by atoms with Crippen LogP contribution in [0.4, 0.5) is 4.39 Å². The fraction of sp³-hybridized carbons (Fsp3) is 0.400. The number of thioether (sulfide) groups is 1. The van der Waals surface area contributed by atoms with Gasteiger partial charge in [0.2, 0.25) is 0 Å². The van der Waals surface area contributed by atoms with Gasteiger partial charge in [0.25, 0.3) is 0 Å². The van der Waals surface area contributed by atoms with E-state index in [-0.39, 0.29) is 0 Å². The molecular weight excluding hydrogens is 251 g/mol. The monoisotopic (exact) mass is 260 g/mol. The Balaban J connectivity index is 2.29. The van der Waals surface area contributed by atoms with Crippen LogP contribution in [0.1, 0.15) is 12.0 Å². The lowest BCUT2D eigenvalue weighted by Gasteiger charge is -2.18. The van der Waals surface area contributed by atoms with Crippen LogP contribution in [-0.4, -0.2) is 11.5 Å². The maximum Gasteiger partial charge on any atom is 0.145 e. The first-order valence-corrected chi connectivity index (χ1v) is 6.18. The van der Waals surface area contributed by atoms with E-state index in [0.717, 1.165) is 15.8 Å². The molecule has 0 aliphatic carbocycles. The van der Waals surface area contributed by atoms with Crippen molar-refractivity contribution in [2.45, 2.75) is 12.1 Å². The minimum Gasteiger partial charge on any atom is -0.238 e. The van der Waals surface area contributed by atoms with Crippen molar-refractivity contribution in [2.24, 2.45) is 0 Å². The van der Waals surface area contributed by atoms with E-state index in [0.29, 0.717) is 12.2 Å². The minimum absolute atomic E-state index is 0.606. The van der Waals surface area contributed by atoms with Gasteiger partial charge in [0.15, 0.2) is 0 Å². The molecule has 0 amide bonds. The van der Waals surface area contributed by atoms with Gasteiger partial charge in [-0.1, -0.05) is 28.1 Å². The van der Waals surface area contributed by atoms with Crippen LogP contribution >= 0.6 is 27.7 Å². The summed E-state index contributed by atoms with van der Waals surface area (Å²) in [6.45, 7) is 0. The smallest absolute Gasteiger partial charge is 0.145 e. The molecule has 1 aliphatic rings. The molecule has 13 heavy (non-hydrogen) atoms. The number of alkyl halides is 1. The molecule has 0 saturated carbocycles. The molecule has 70 valence electrons. The van der Waals surface area contributed by atoms with Gasteiger partial charge < -0.3 is 0 Å². The Morgan fingerprint density at radius 3 is 2.54 bits per heavy atom. The summed E-state index contributed by atoms with van der Waals surface area (Å²) in [5, 5.41) is 0. The first kappa shape index (κ1) is 9.53. The number of hydrogen-bond acceptors (Lipinski definition) is 1. The molecule has 0 nitrogen and oxygen atoms in total. The zero-order valence-electron chi connectivity index (χ0n) is 7.09. The second-order valence-corrected chi connectivity index (χ2v) is 5.30. The van der Waals surface area contributed by atoms with Gasteiger partial charge >= 0.3 is 0 Å². The summed E-state index contributed by atoms with van der Waals surface area (Å²) in [7, 11) is 0. The van der Waals surface area contributed by atoms with Crippen LogP contribution in [0.15, 0.2) is 28.7 Å². The van der Waals surface area contributed by atoms with E-state index in [9.17, 15) is 4.39 Å². The molecule has 0 radical (unpaired) electrons. The predicted molar refractivity (Wildman–Crippen MR) is 58.9 cm³/mol. The first-order valence-electron chi connectivity index (χ1n) is 4.23. The third-order valence-corrected chi connectivity index (χ3v) is 4.02. The maximum absolute atomic E-state index is 14.1. The van der Waals surface area contributed by atoms with Crippen molar-refractivity contribution >= 4 is 27.7 Å². The summed E-state index contributed by atoms with van der Waals surface area (Å²) in [6, 6.07) is 7.55. The van der Waals surface area contributed by atoms with E-state index in [2.05, 4.69) is 15.9 Å². The van der Waals surface area contributed by atoms with Crippen molar-refractivity contribution in [3.63, 3.8) is 0 Å². The molecule has 1 heterocycles. The molecule has 0 bridgehead atoms. The van der Waals surface area contributed by atoms with Gasteiger partial charge in [-0.3, -0.25) is 0 Å². The van der Waals surface area contributed by atoms with Crippen molar-refractivity contribution in [1.82, 2.24) is 0 Å². The second kappa shape index (κ2) is 3.62. The predicted octanol–water partition coefficient (Wildman–Crippen LogP) is 3.75. The third kappa shape index (κ3) is 1.91. The average molecular weight is 261 g/mol. The van der Waals surface area contributed by atoms with E-state index in [1.54, 1.807) is 11.8 Å². The standard InChI is InChI=1S/C10H10BrFS/c11-9-3-1-8(2-4-9)10(12)5-6-13-7-10/h1-4H,5-7H2. The van der Waals surface area contributed by atoms with Crippen molar-refractivity contribution in [3.05, 3.63) is 34.3 Å². The zero-order valence-corrected chi connectivity index (χ0v) is 9.50. The Kier molecular flexibility index (Phi) is 2.65. The minimum atomic E-state index is -1.08. The summed E-state index contributed by atoms with van der Waals surface area (Å²) in [6.07, 6.45) is 0.652. The van der Waals surface area contributed by atoms with Crippen molar-refractivity contribution in [3.8, 4) is 0 Å². The van der Waals surface area contributed by atoms with Crippen LogP contribution in [0, 0.1) is 0 Å². The lowest BCUT2D eigenvalue weighted by molar-refractivity contribution is 0.202. The lowest BCUT2D eigenvalue weighted by atomic mass is 9.95. The third-order valence-electron chi connectivity index (χ3n) is 2.34. The fourth-order valence-electron chi connectivity index (χ4n) is 1.52. The van der Waals surface area contributed by atoms with Crippen molar-refractivity contribution in [1.29, 1.82) is 0 Å². The van der Waals surface area contributed by atoms with Gasteiger partial charge in [-0.15, -0.1) is 0 Å². The van der Waals surface area contributed by atoms with Crippen molar-refractivity contribution in [2.75, 3.05) is 11.5 Å². The molecule has 1 atom stereocenters. The normalized spacial score (nSPS) is 27.8. The molecule has 1 unspecified atom stereocenters. The van der Waals surface area contributed by atoms with Gasteiger partial charge in [-0.2, -0.15) is 11.8 Å². The topological polar surface area (TPSA) is 0 Å². The highest BCUT2D eigenvalue weighted by molar-refractivity contribution is 9.10. The number of benzene rings is 1. The van der Waals surface area contributed by atoms with Gasteiger partial charge in [0, 0.05) is 10.2 Å². The van der Waals surface area contributed by atoms with E-state index in [1.807, 2.05) is 24.3 Å². The highest BCUT2D eigenvalue weighted by Crippen LogP contribution is 2.40. The van der Waals surface area contributed by atoms with Gasteiger partial charge in [0.05, 0.1) is 0 Å². The quantitative estimate of drug-likeness (QED) is 0.741. The molecule has 1 fully saturated rings. The SMILES string of the molecule is FC1(c2ccc(Br)cc2)CCSC1. The molecular formula is C10H10BrFS. The number of halogens is 2. The van der Waals surface area contributed by atoms with E-state index in [4.69, 9.17) is 0 Å². The van der Waals surface area contributed by atoms with Crippen LogP contribution in [0.25, 0.3) is 0 Å². The molecule has 2 rings (SSSR count). The molecule has 1 aromatic carbocycles. The number of hydrogen-bond donors (Lipinski definition) is 0. The van der Waals surface area contributed by atoms with E-state index < -0.39 is 5.67 Å². The Morgan fingerprint density at radius 1 is 1.31 bits per heavy atom. The van der Waals surface area contributed by atoms with Crippen LogP contribution < -0.4 is 0 Å². The highest BCUT2D eigenvalue weighted by Gasteiger charge is 2.35. The first-order chi connectivity index (χ1) is 6.21. The summed E-state index contributed by atoms with van der Waals surface area (Å²) in [5.74, 6) is 1.54. The Labute approximate surface area is 90.0 Å². The van der Waals surface area contributed by atoms with Gasteiger partial charge in [-0.05, 0) is 29.9 Å². The second-order valence-electron chi connectivity index (χ2n) is 3.27. The maximum atomic E-state index is 14.1. The Hall–Kier alpha value is -0.0200. The van der Waals surface area contributed by atoms with Crippen LogP contribution in [0.3, 0.4) is 0 Å². The summed E-state index contributed by atoms with van der Waals surface area (Å²) >= 11 is 5.04. The highest BCUT2D eigenvalue weighted by atomic mass is 79.9. The molecule has 0 aromatic heterocycles. The zero-order chi connectivity index (χ0) is 9.31. The molecule has 0 spiro atoms. The summed E-state index contributed by atoms with van der Waals surface area (Å²) in [4.78, 5) is 0. The lowest BCUT2D eigenvalue weighted by Crippen LogP contribution is -2.18. The van der Waals surface area contributed by atoms with Crippen LogP contribution in [0.2, 0.25) is 0 Å². The largest absolute Gasteiger partial charge is 0.238 e. The molecule has 1 aliphatic heterocycles. The average Bonchev–Trinajstić information content (AvgIpc) is 2.54. The Bertz CT molecular complexity index is 290. The molecule has 1 aromatic rings. The molecule has 3 heteroatoms. The van der Waals surface area contributed by atoms with Gasteiger partial charge in [-0.25, -0.2) is 4.39 Å². The summed E-state index contributed by atoms with van der Waals surface area (Å²) in [5.41, 5.74) is -0.258. The van der Waals surface area contributed by atoms with Crippen LogP contribution in [-0.2, 0) is 5.67 Å². The summed E-state index contributed by atoms with van der Waals surface area (Å²) < 4.78 is 15.1. The van der Waals surface area contributed by atoms with Crippen LogP contribution in [0.5, 0.6) is 0 Å². The molecule has 0 N–H and O–H groups in total. The van der Waals surface area contributed by atoms with E-state index in [1.165, 1.54) is 0 Å². The van der Waals surface area contributed by atoms with E-state index >= 15 is 0 Å². The van der Waals surface area contributed by atoms with Crippen molar-refractivity contribution < 1.29 is 4.39 Å². The Morgan fingerprint density at radius 2 is 2.00 bits per heavy atom.